The Morgan fingerprint density at radius 3 is 1.17 bits per heavy atom. The zero-order chi connectivity index (χ0) is 50.6. The number of rotatable bonds is 11. The second kappa shape index (κ2) is 20.3. The van der Waals surface area contributed by atoms with E-state index in [1.165, 1.54) is 50.5 Å². The van der Waals surface area contributed by atoms with Gasteiger partial charge in [0.1, 0.15) is 38.0 Å². The zero-order valence-corrected chi connectivity index (χ0v) is 40.9. The van der Waals surface area contributed by atoms with E-state index < -0.39 is 5.41 Å². The van der Waals surface area contributed by atoms with Crippen LogP contribution in [0, 0.1) is 0 Å². The quantitative estimate of drug-likeness (QED) is 0.0967. The molecule has 0 spiro atoms. The summed E-state index contributed by atoms with van der Waals surface area (Å²) in [5.74, 6) is 2.20. The van der Waals surface area contributed by atoms with Crippen LogP contribution in [0.4, 0.5) is 0 Å². The summed E-state index contributed by atoms with van der Waals surface area (Å²) in [7, 11) is 0. The molecule has 11 aromatic rings. The summed E-state index contributed by atoms with van der Waals surface area (Å²) < 4.78 is 0. The average molecular weight is 987 g/mol. The molecule has 356 valence electrons. The lowest BCUT2D eigenvalue weighted by Crippen LogP contribution is -2.34. The highest BCUT2D eigenvalue weighted by Gasteiger charge is 2.45. The fraction of sp³-hybridized carbons (Fsp3) is 0.0161. The Kier molecular flexibility index (Phi) is 12.5. The third-order valence-electron chi connectivity index (χ3n) is 13.2. The normalized spacial score (nSPS) is 12.7. The molecule has 8 aromatic carbocycles. The van der Waals surface area contributed by atoms with Crippen molar-refractivity contribution in [1.29, 1.82) is 0 Å². The Balaban J connectivity index is 1.19. The number of hydrogen-bond acceptors (Lipinski definition) is 11. The largest absolute Gasteiger partial charge is 0.390 e. The van der Waals surface area contributed by atoms with Crippen LogP contribution in [0.15, 0.2) is 253 Å². The standard InChI is InChI=1S/C62H42N12S/c1-2-67-58(68-33-63)44-15-7-11-40(23-44)48-27-49(41-12-8-16-45(24-41)59-69-34-64-35-70-59)30-52(29-48)62(54-19-3-5-21-56(54)75-57-22-6-4-20-55(57)62)53-31-50(42-13-9-17-46(25-42)60-71-36-65-37-72-60)28-51(32-53)43-14-10-18-47(26-43)61-73-38-66-39-74-61/h2-39H,1H2,(H2,63,67,68). The molecule has 2 N–H and O–H groups in total. The van der Waals surface area contributed by atoms with Gasteiger partial charge in [0, 0.05) is 38.2 Å². The number of nitrogens with zero attached hydrogens (tertiary/aromatic N) is 11. The van der Waals surface area contributed by atoms with E-state index >= 15 is 0 Å². The lowest BCUT2D eigenvalue weighted by Gasteiger charge is -2.42. The van der Waals surface area contributed by atoms with Crippen molar-refractivity contribution in [2.75, 3.05) is 0 Å². The van der Waals surface area contributed by atoms with Gasteiger partial charge in [-0.2, -0.15) is 0 Å². The van der Waals surface area contributed by atoms with Gasteiger partial charge in [-0.15, -0.1) is 0 Å². The van der Waals surface area contributed by atoms with E-state index in [2.05, 4.69) is 207 Å². The van der Waals surface area contributed by atoms with Crippen molar-refractivity contribution in [3.63, 3.8) is 0 Å². The third-order valence-corrected chi connectivity index (χ3v) is 14.4. The first-order valence-corrected chi connectivity index (χ1v) is 24.8. The molecule has 0 atom stereocenters. The number of aliphatic imine (C=N–C) groups is 2. The maximum Gasteiger partial charge on any atom is 0.162 e. The van der Waals surface area contributed by atoms with E-state index in [1.807, 2.05) is 36.4 Å². The summed E-state index contributed by atoms with van der Waals surface area (Å²) in [5.41, 5.74) is 20.6. The molecule has 0 saturated carbocycles. The number of hydrogen-bond donors (Lipinski definition) is 1. The van der Waals surface area contributed by atoms with E-state index in [4.69, 9.17) is 5.73 Å². The fourth-order valence-electron chi connectivity index (χ4n) is 9.99. The Labute approximate surface area is 436 Å². The lowest BCUT2D eigenvalue weighted by atomic mass is 9.63. The van der Waals surface area contributed by atoms with Crippen molar-refractivity contribution in [1.82, 2.24) is 44.9 Å². The molecule has 1 aliphatic heterocycles. The van der Waals surface area contributed by atoms with Gasteiger partial charge in [0.15, 0.2) is 23.3 Å². The van der Waals surface area contributed by atoms with Crippen LogP contribution >= 0.6 is 11.8 Å². The summed E-state index contributed by atoms with van der Waals surface area (Å²) >= 11 is 1.79. The van der Waals surface area contributed by atoms with Gasteiger partial charge in [0.2, 0.25) is 0 Å². The first-order chi connectivity index (χ1) is 37.0. The van der Waals surface area contributed by atoms with Crippen LogP contribution in [-0.4, -0.2) is 57.0 Å². The van der Waals surface area contributed by atoms with Crippen LogP contribution in [0.3, 0.4) is 0 Å². The molecule has 1 aliphatic rings. The van der Waals surface area contributed by atoms with Crippen LogP contribution in [-0.2, 0) is 5.41 Å². The van der Waals surface area contributed by atoms with Gasteiger partial charge < -0.3 is 5.73 Å². The number of aromatic nitrogens is 9. The van der Waals surface area contributed by atoms with E-state index in [9.17, 15) is 0 Å². The predicted octanol–water partition coefficient (Wildman–Crippen LogP) is 12.6. The van der Waals surface area contributed by atoms with Gasteiger partial charge in [0.25, 0.3) is 0 Å². The summed E-state index contributed by atoms with van der Waals surface area (Å²) in [6, 6.07) is 64.8. The topological polar surface area (TPSA) is 167 Å². The maximum atomic E-state index is 5.86. The van der Waals surface area contributed by atoms with Gasteiger partial charge in [-0.25, -0.2) is 54.8 Å². The number of nitrogens with two attached hydrogens (primary N) is 1. The van der Waals surface area contributed by atoms with Gasteiger partial charge in [-0.3, -0.25) is 0 Å². The second-order valence-electron chi connectivity index (χ2n) is 17.6. The molecule has 75 heavy (non-hydrogen) atoms. The van der Waals surface area contributed by atoms with Crippen LogP contribution < -0.4 is 5.73 Å². The Morgan fingerprint density at radius 2 is 0.773 bits per heavy atom. The Hall–Kier alpha value is -9.98. The second-order valence-corrected chi connectivity index (χ2v) is 18.6. The van der Waals surface area contributed by atoms with Gasteiger partial charge in [0.05, 0.1) is 11.8 Å². The highest BCUT2D eigenvalue weighted by molar-refractivity contribution is 7.99. The van der Waals surface area contributed by atoms with Crippen molar-refractivity contribution in [2.45, 2.75) is 15.2 Å². The minimum Gasteiger partial charge on any atom is -0.390 e. The molecule has 0 unspecified atom stereocenters. The number of benzene rings is 8. The fourth-order valence-corrected chi connectivity index (χ4v) is 11.2. The molecule has 0 amide bonds. The van der Waals surface area contributed by atoms with Gasteiger partial charge in [-0.05, 0) is 140 Å². The van der Waals surface area contributed by atoms with Crippen LogP contribution in [0.2, 0.25) is 0 Å². The monoisotopic (exact) mass is 986 g/mol. The Morgan fingerprint density at radius 1 is 0.413 bits per heavy atom. The summed E-state index contributed by atoms with van der Waals surface area (Å²) in [6.07, 6.45) is 11.9. The smallest absolute Gasteiger partial charge is 0.162 e. The minimum atomic E-state index is -0.922. The van der Waals surface area contributed by atoms with Crippen LogP contribution in [0.1, 0.15) is 27.8 Å². The molecule has 13 heteroatoms. The summed E-state index contributed by atoms with van der Waals surface area (Å²) in [4.78, 5) is 50.6. The van der Waals surface area contributed by atoms with Crippen molar-refractivity contribution < 1.29 is 0 Å². The van der Waals surface area contributed by atoms with Gasteiger partial charge >= 0.3 is 0 Å². The van der Waals surface area contributed by atoms with E-state index in [0.717, 1.165) is 98.8 Å². The zero-order valence-electron chi connectivity index (χ0n) is 40.1. The number of fused-ring (bicyclic) bond motifs is 2. The highest BCUT2D eigenvalue weighted by Crippen LogP contribution is 2.57. The molecule has 0 saturated heterocycles. The SMILES string of the molecule is C=C/N=C(\N=C/N)c1cccc(-c2cc(-c3cccc(-c4ncncn4)c3)cc(C3(c4cc(-c5cccc(-c6ncncn6)c5)cc(-c5cccc(-c6ncncn6)c5)c4)c4ccccc4Sc4ccccc43)c2)c1. The van der Waals surface area contributed by atoms with E-state index in [1.54, 1.807) is 11.8 Å². The molecular formula is C62H42N12S. The number of amidine groups is 1. The summed E-state index contributed by atoms with van der Waals surface area (Å²) in [6.45, 7) is 3.85. The van der Waals surface area contributed by atoms with Crippen molar-refractivity contribution in [3.8, 4) is 78.7 Å². The molecule has 0 radical (unpaired) electrons. The molecule has 12 rings (SSSR count). The van der Waals surface area contributed by atoms with Gasteiger partial charge in [-0.1, -0.05) is 128 Å². The molecule has 0 bridgehead atoms. The molecule has 4 heterocycles. The highest BCUT2D eigenvalue weighted by atomic mass is 32.2. The first kappa shape index (κ1) is 46.1. The molecule has 0 aliphatic carbocycles. The molecule has 3 aromatic heterocycles. The van der Waals surface area contributed by atoms with E-state index in [-0.39, 0.29) is 0 Å². The Bertz CT molecular complexity index is 3830. The molecule has 0 fully saturated rings. The van der Waals surface area contributed by atoms with Crippen molar-refractivity contribution >= 4 is 23.9 Å². The van der Waals surface area contributed by atoms with Crippen LogP contribution in [0.5, 0.6) is 0 Å². The minimum absolute atomic E-state index is 0.447. The van der Waals surface area contributed by atoms with Crippen molar-refractivity contribution in [3.05, 3.63) is 261 Å². The average Bonchev–Trinajstić information content (AvgIpc) is 3.52. The van der Waals surface area contributed by atoms with Crippen LogP contribution in [0.25, 0.3) is 78.7 Å². The lowest BCUT2D eigenvalue weighted by molar-refractivity contribution is 0.704. The van der Waals surface area contributed by atoms with Crippen molar-refractivity contribution in [2.24, 2.45) is 15.7 Å². The third kappa shape index (κ3) is 8.93. The predicted molar refractivity (Wildman–Crippen MR) is 296 cm³/mol. The first-order valence-electron chi connectivity index (χ1n) is 24.0. The molecule has 12 nitrogen and oxygen atoms in total. The molecular weight excluding hydrogens is 945 g/mol. The maximum absolute atomic E-state index is 5.86. The van der Waals surface area contributed by atoms with E-state index in [0.29, 0.717) is 23.3 Å². The summed E-state index contributed by atoms with van der Waals surface area (Å²) in [5, 5.41) is 0.